The number of imidazole rings is 1. The van der Waals surface area contributed by atoms with Crippen LogP contribution in [0.1, 0.15) is 38.3 Å². The Balaban J connectivity index is 2.27. The van der Waals surface area contributed by atoms with Gasteiger partial charge in [-0.05, 0) is 32.4 Å². The molecule has 0 aliphatic rings. The molecule has 2 rings (SSSR count). The van der Waals surface area contributed by atoms with Crippen molar-refractivity contribution in [3.63, 3.8) is 0 Å². The molecule has 0 fully saturated rings. The number of aromatic amines is 1. The number of nitrogens with zero attached hydrogens (tertiary/aromatic N) is 1. The first kappa shape index (κ1) is 11.9. The number of nitrogens with one attached hydrogen (secondary N) is 1. The Morgan fingerprint density at radius 1 is 1.47 bits per heavy atom. The first-order valence-electron chi connectivity index (χ1n) is 5.94. The lowest BCUT2D eigenvalue weighted by atomic mass is 9.97. The molecule has 92 valence electrons. The van der Waals surface area contributed by atoms with E-state index < -0.39 is 5.54 Å². The lowest BCUT2D eigenvalue weighted by molar-refractivity contribution is 0.423. The van der Waals surface area contributed by atoms with E-state index in [-0.39, 0.29) is 0 Å². The number of H-pyrrole nitrogens is 1. The first-order valence-corrected chi connectivity index (χ1v) is 5.94. The molecule has 0 aromatic carbocycles. The predicted octanol–water partition coefficient (Wildman–Crippen LogP) is 2.95. The lowest BCUT2D eigenvalue weighted by Crippen LogP contribution is -2.34. The van der Waals surface area contributed by atoms with Crippen LogP contribution in [0.15, 0.2) is 22.7 Å². The molecular formula is C13H19N3O. The standard InChI is InChI=1S/C13H19N3O/c1-4-7-13(3,14)12-15-8-10(16-12)11-6-5-9(2)17-11/h5-6,8H,4,7,14H2,1-3H3,(H,15,16). The Labute approximate surface area is 101 Å². The molecule has 1 atom stereocenters. The third kappa shape index (κ3) is 2.42. The molecule has 2 aromatic heterocycles. The van der Waals surface area contributed by atoms with Crippen molar-refractivity contribution in [1.29, 1.82) is 0 Å². The number of aryl methyl sites for hydroxylation is 1. The van der Waals surface area contributed by atoms with Crippen molar-refractivity contribution < 1.29 is 4.42 Å². The van der Waals surface area contributed by atoms with E-state index >= 15 is 0 Å². The van der Waals surface area contributed by atoms with Crippen molar-refractivity contribution in [2.45, 2.75) is 39.2 Å². The van der Waals surface area contributed by atoms with Gasteiger partial charge in [0, 0.05) is 0 Å². The van der Waals surface area contributed by atoms with Crippen LogP contribution < -0.4 is 5.73 Å². The zero-order valence-electron chi connectivity index (χ0n) is 10.6. The maximum Gasteiger partial charge on any atom is 0.152 e. The van der Waals surface area contributed by atoms with Gasteiger partial charge in [0.15, 0.2) is 5.76 Å². The average Bonchev–Trinajstić information content (AvgIpc) is 2.85. The van der Waals surface area contributed by atoms with Crippen LogP contribution in [0.3, 0.4) is 0 Å². The monoisotopic (exact) mass is 233 g/mol. The average molecular weight is 233 g/mol. The van der Waals surface area contributed by atoms with E-state index in [1.54, 1.807) is 6.20 Å². The van der Waals surface area contributed by atoms with Crippen LogP contribution in [-0.2, 0) is 5.54 Å². The van der Waals surface area contributed by atoms with E-state index in [0.29, 0.717) is 0 Å². The second-order valence-electron chi connectivity index (χ2n) is 4.72. The quantitative estimate of drug-likeness (QED) is 0.853. The molecule has 0 bridgehead atoms. The molecular weight excluding hydrogens is 214 g/mol. The van der Waals surface area contributed by atoms with Gasteiger partial charge in [0.05, 0.1) is 11.7 Å². The highest BCUT2D eigenvalue weighted by Crippen LogP contribution is 2.25. The fourth-order valence-electron chi connectivity index (χ4n) is 1.95. The fourth-order valence-corrected chi connectivity index (χ4v) is 1.95. The molecule has 0 saturated heterocycles. The van der Waals surface area contributed by atoms with Crippen molar-refractivity contribution in [1.82, 2.24) is 9.97 Å². The summed E-state index contributed by atoms with van der Waals surface area (Å²) in [5.74, 6) is 2.50. The normalized spacial score (nSPS) is 14.8. The van der Waals surface area contributed by atoms with Crippen molar-refractivity contribution in [3.05, 3.63) is 29.9 Å². The summed E-state index contributed by atoms with van der Waals surface area (Å²) in [6, 6.07) is 3.86. The number of nitrogens with two attached hydrogens (primary N) is 1. The summed E-state index contributed by atoms with van der Waals surface area (Å²) < 4.78 is 5.54. The van der Waals surface area contributed by atoms with Crippen LogP contribution in [-0.4, -0.2) is 9.97 Å². The molecule has 0 aliphatic heterocycles. The van der Waals surface area contributed by atoms with Gasteiger partial charge in [0.1, 0.15) is 17.3 Å². The molecule has 0 saturated carbocycles. The van der Waals surface area contributed by atoms with E-state index in [1.807, 2.05) is 26.0 Å². The summed E-state index contributed by atoms with van der Waals surface area (Å²) in [4.78, 5) is 7.59. The van der Waals surface area contributed by atoms with Gasteiger partial charge in [0.25, 0.3) is 0 Å². The van der Waals surface area contributed by atoms with Crippen LogP contribution in [0, 0.1) is 6.92 Å². The van der Waals surface area contributed by atoms with E-state index in [2.05, 4.69) is 16.9 Å². The summed E-state index contributed by atoms with van der Waals surface area (Å²) in [6.07, 6.45) is 3.70. The zero-order chi connectivity index (χ0) is 12.5. The largest absolute Gasteiger partial charge is 0.460 e. The highest BCUT2D eigenvalue weighted by atomic mass is 16.3. The van der Waals surface area contributed by atoms with E-state index in [0.717, 1.165) is 35.9 Å². The van der Waals surface area contributed by atoms with Crippen LogP contribution in [0.2, 0.25) is 0 Å². The fraction of sp³-hybridized carbons (Fsp3) is 0.462. The SMILES string of the molecule is CCCC(C)(N)c1ncc(-c2ccc(C)o2)[nH]1. The van der Waals surface area contributed by atoms with Crippen LogP contribution in [0.4, 0.5) is 0 Å². The third-order valence-electron chi connectivity index (χ3n) is 2.89. The van der Waals surface area contributed by atoms with Gasteiger partial charge in [0.2, 0.25) is 0 Å². The number of aromatic nitrogens is 2. The highest BCUT2D eigenvalue weighted by molar-refractivity contribution is 5.51. The second-order valence-corrected chi connectivity index (χ2v) is 4.72. The maximum absolute atomic E-state index is 6.22. The molecule has 0 radical (unpaired) electrons. The topological polar surface area (TPSA) is 67.8 Å². The van der Waals surface area contributed by atoms with Crippen molar-refractivity contribution in [2.24, 2.45) is 5.73 Å². The third-order valence-corrected chi connectivity index (χ3v) is 2.89. The minimum atomic E-state index is -0.408. The van der Waals surface area contributed by atoms with Gasteiger partial charge < -0.3 is 15.1 Å². The zero-order valence-corrected chi connectivity index (χ0v) is 10.6. The second kappa shape index (κ2) is 4.37. The summed E-state index contributed by atoms with van der Waals surface area (Å²) in [5, 5.41) is 0. The molecule has 17 heavy (non-hydrogen) atoms. The molecule has 2 aromatic rings. The highest BCUT2D eigenvalue weighted by Gasteiger charge is 2.24. The Bertz CT molecular complexity index is 496. The number of rotatable bonds is 4. The van der Waals surface area contributed by atoms with Gasteiger partial charge in [-0.3, -0.25) is 0 Å². The van der Waals surface area contributed by atoms with Gasteiger partial charge >= 0.3 is 0 Å². The Morgan fingerprint density at radius 3 is 2.82 bits per heavy atom. The van der Waals surface area contributed by atoms with E-state index in [1.165, 1.54) is 0 Å². The van der Waals surface area contributed by atoms with Crippen LogP contribution in [0.5, 0.6) is 0 Å². The molecule has 0 amide bonds. The van der Waals surface area contributed by atoms with Crippen molar-refractivity contribution in [3.8, 4) is 11.5 Å². The Morgan fingerprint density at radius 2 is 2.24 bits per heavy atom. The lowest BCUT2D eigenvalue weighted by Gasteiger charge is -2.20. The van der Waals surface area contributed by atoms with Gasteiger partial charge in [-0.2, -0.15) is 0 Å². The first-order chi connectivity index (χ1) is 8.03. The van der Waals surface area contributed by atoms with Gasteiger partial charge in [-0.1, -0.05) is 13.3 Å². The molecule has 4 nitrogen and oxygen atoms in total. The summed E-state index contributed by atoms with van der Waals surface area (Å²) in [6.45, 7) is 6.03. The minimum Gasteiger partial charge on any atom is -0.460 e. The van der Waals surface area contributed by atoms with Gasteiger partial charge in [-0.15, -0.1) is 0 Å². The van der Waals surface area contributed by atoms with Crippen molar-refractivity contribution in [2.75, 3.05) is 0 Å². The smallest absolute Gasteiger partial charge is 0.152 e. The van der Waals surface area contributed by atoms with E-state index in [4.69, 9.17) is 10.2 Å². The molecule has 1 unspecified atom stereocenters. The van der Waals surface area contributed by atoms with Crippen molar-refractivity contribution >= 4 is 0 Å². The number of hydrogen-bond donors (Lipinski definition) is 2. The molecule has 0 spiro atoms. The van der Waals surface area contributed by atoms with Crippen LogP contribution >= 0.6 is 0 Å². The molecule has 3 N–H and O–H groups in total. The number of hydrogen-bond acceptors (Lipinski definition) is 3. The van der Waals surface area contributed by atoms with E-state index in [9.17, 15) is 0 Å². The minimum absolute atomic E-state index is 0.408. The van der Waals surface area contributed by atoms with Gasteiger partial charge in [-0.25, -0.2) is 4.98 Å². The Hall–Kier alpha value is -1.55. The summed E-state index contributed by atoms with van der Waals surface area (Å²) >= 11 is 0. The maximum atomic E-state index is 6.22. The predicted molar refractivity (Wildman–Crippen MR) is 67.5 cm³/mol. The molecule has 2 heterocycles. The summed E-state index contributed by atoms with van der Waals surface area (Å²) in [5.41, 5.74) is 6.69. The number of furan rings is 1. The Kier molecular flexibility index (Phi) is 3.07. The summed E-state index contributed by atoms with van der Waals surface area (Å²) in [7, 11) is 0. The molecule has 4 heteroatoms. The molecule has 0 aliphatic carbocycles. The van der Waals surface area contributed by atoms with Crippen LogP contribution in [0.25, 0.3) is 11.5 Å².